The molecular weight excluding hydrogens is 383 g/mol. The second kappa shape index (κ2) is 8.61. The van der Waals surface area contributed by atoms with Gasteiger partial charge in [0.25, 0.3) is 5.91 Å². The van der Waals surface area contributed by atoms with Crippen molar-refractivity contribution in [2.75, 3.05) is 6.54 Å². The monoisotopic (exact) mass is 406 g/mol. The Balaban J connectivity index is 1.42. The molecule has 3 aromatic rings. The molecule has 1 N–H and O–H groups in total. The molecule has 1 aliphatic rings. The topological polar surface area (TPSA) is 68.3 Å². The van der Waals surface area contributed by atoms with Crippen LogP contribution in [0.4, 0.5) is 4.39 Å². The maximum Gasteiger partial charge on any atom is 0.339 e. The van der Waals surface area contributed by atoms with Crippen LogP contribution in [0.25, 0.3) is 10.9 Å². The normalized spacial score (nSPS) is 13.7. The molecule has 5 nitrogen and oxygen atoms in total. The first-order chi connectivity index (χ1) is 14.5. The van der Waals surface area contributed by atoms with Crippen molar-refractivity contribution in [2.45, 2.75) is 38.7 Å². The molecule has 2 aromatic carbocycles. The summed E-state index contributed by atoms with van der Waals surface area (Å²) in [6, 6.07) is 13.6. The first-order valence-electron chi connectivity index (χ1n) is 10.2. The minimum atomic E-state index is -0.922. The first-order valence-corrected chi connectivity index (χ1v) is 10.2. The van der Waals surface area contributed by atoms with Crippen molar-refractivity contribution in [3.05, 3.63) is 76.7 Å². The van der Waals surface area contributed by atoms with E-state index in [0.29, 0.717) is 18.5 Å². The van der Waals surface area contributed by atoms with Gasteiger partial charge in [-0.25, -0.2) is 9.18 Å². The Morgan fingerprint density at radius 3 is 2.70 bits per heavy atom. The van der Waals surface area contributed by atoms with Gasteiger partial charge in [0.15, 0.2) is 6.10 Å². The quantitative estimate of drug-likeness (QED) is 0.633. The highest BCUT2D eigenvalue weighted by Crippen LogP contribution is 2.30. The van der Waals surface area contributed by atoms with Crippen molar-refractivity contribution in [2.24, 2.45) is 0 Å². The molecule has 1 atom stereocenters. The summed E-state index contributed by atoms with van der Waals surface area (Å²) in [6.07, 6.45) is 2.23. The van der Waals surface area contributed by atoms with Gasteiger partial charge in [-0.3, -0.25) is 9.78 Å². The summed E-state index contributed by atoms with van der Waals surface area (Å²) in [5, 5.41) is 3.53. The molecule has 1 heterocycles. The number of pyridine rings is 1. The Morgan fingerprint density at radius 1 is 1.13 bits per heavy atom. The van der Waals surface area contributed by atoms with E-state index in [2.05, 4.69) is 10.3 Å². The van der Waals surface area contributed by atoms with Crippen LogP contribution in [-0.2, 0) is 28.8 Å². The van der Waals surface area contributed by atoms with Crippen LogP contribution in [0.3, 0.4) is 0 Å². The van der Waals surface area contributed by atoms with E-state index in [4.69, 9.17) is 4.74 Å². The predicted molar refractivity (Wildman–Crippen MR) is 112 cm³/mol. The van der Waals surface area contributed by atoms with E-state index in [1.54, 1.807) is 19.1 Å². The van der Waals surface area contributed by atoms with Crippen molar-refractivity contribution in [1.29, 1.82) is 0 Å². The molecule has 0 radical (unpaired) electrons. The summed E-state index contributed by atoms with van der Waals surface area (Å²) in [6.45, 7) is 1.94. The highest BCUT2D eigenvalue weighted by molar-refractivity contribution is 6.05. The number of hydrogen-bond acceptors (Lipinski definition) is 4. The number of rotatable bonds is 6. The Bertz CT molecular complexity index is 1100. The van der Waals surface area contributed by atoms with E-state index in [1.165, 1.54) is 12.1 Å². The molecule has 1 aromatic heterocycles. The molecular formula is C24H23FN2O3. The number of fused-ring (bicyclic) bond motifs is 2. The van der Waals surface area contributed by atoms with Crippen molar-refractivity contribution in [3.8, 4) is 0 Å². The smallest absolute Gasteiger partial charge is 0.339 e. The number of nitrogens with zero attached hydrogens (tertiary/aromatic N) is 1. The maximum atomic E-state index is 13.0. The van der Waals surface area contributed by atoms with Crippen molar-refractivity contribution in [3.63, 3.8) is 0 Å². The molecule has 0 spiro atoms. The molecule has 0 bridgehead atoms. The summed E-state index contributed by atoms with van der Waals surface area (Å²) >= 11 is 0. The summed E-state index contributed by atoms with van der Waals surface area (Å²) in [7, 11) is 0. The predicted octanol–water partition coefficient (Wildman–Crippen LogP) is 3.77. The summed E-state index contributed by atoms with van der Waals surface area (Å²) in [4.78, 5) is 30.1. The highest BCUT2D eigenvalue weighted by atomic mass is 19.1. The molecule has 0 unspecified atom stereocenters. The van der Waals surface area contributed by atoms with E-state index < -0.39 is 12.1 Å². The molecule has 154 valence electrons. The van der Waals surface area contributed by atoms with Gasteiger partial charge in [0.2, 0.25) is 0 Å². The van der Waals surface area contributed by atoms with Gasteiger partial charge in [-0.2, -0.15) is 0 Å². The Kier molecular flexibility index (Phi) is 5.74. The Morgan fingerprint density at radius 2 is 1.90 bits per heavy atom. The summed E-state index contributed by atoms with van der Waals surface area (Å²) < 4.78 is 18.5. The van der Waals surface area contributed by atoms with Gasteiger partial charge in [-0.1, -0.05) is 30.3 Å². The number of benzene rings is 2. The van der Waals surface area contributed by atoms with E-state index >= 15 is 0 Å². The molecule has 6 heteroatoms. The standard InChI is InChI=1S/C24H23FN2O3/c1-15(23(28)26-14-13-16-9-11-17(25)12-10-16)30-24(29)22-18-5-2-3-7-20(18)27-21-8-4-6-19(21)22/h2-3,5,7,9-12,15H,4,6,8,13-14H2,1H3,(H,26,28)/t15-/m0/s1. The van der Waals surface area contributed by atoms with Crippen LogP contribution in [0.15, 0.2) is 48.5 Å². The first kappa shape index (κ1) is 20.0. The fraction of sp³-hybridized carbons (Fsp3) is 0.292. The van der Waals surface area contributed by atoms with Gasteiger partial charge in [-0.05, 0) is 61.9 Å². The number of ether oxygens (including phenoxy) is 1. The van der Waals surface area contributed by atoms with Gasteiger partial charge in [0, 0.05) is 17.6 Å². The van der Waals surface area contributed by atoms with Crippen LogP contribution < -0.4 is 5.32 Å². The largest absolute Gasteiger partial charge is 0.449 e. The van der Waals surface area contributed by atoms with Crippen molar-refractivity contribution in [1.82, 2.24) is 10.3 Å². The fourth-order valence-corrected chi connectivity index (χ4v) is 3.84. The third-order valence-electron chi connectivity index (χ3n) is 5.40. The lowest BCUT2D eigenvalue weighted by molar-refractivity contribution is -0.129. The minimum Gasteiger partial charge on any atom is -0.449 e. The number of nitrogens with one attached hydrogen (secondary N) is 1. The lowest BCUT2D eigenvalue weighted by atomic mass is 10.0. The molecule has 30 heavy (non-hydrogen) atoms. The zero-order valence-electron chi connectivity index (χ0n) is 16.8. The van der Waals surface area contributed by atoms with Crippen LogP contribution in [0.5, 0.6) is 0 Å². The van der Waals surface area contributed by atoms with Gasteiger partial charge in [0.05, 0.1) is 11.1 Å². The fourth-order valence-electron chi connectivity index (χ4n) is 3.84. The van der Waals surface area contributed by atoms with Crippen LogP contribution >= 0.6 is 0 Å². The van der Waals surface area contributed by atoms with E-state index in [-0.39, 0.29) is 11.7 Å². The number of carbonyl (C=O) groups excluding carboxylic acids is 2. The lowest BCUT2D eigenvalue weighted by Gasteiger charge is -2.16. The number of hydrogen-bond donors (Lipinski definition) is 1. The van der Waals surface area contributed by atoms with Crippen LogP contribution in [0.1, 0.15) is 40.5 Å². The number of para-hydroxylation sites is 1. The van der Waals surface area contributed by atoms with Crippen LogP contribution in [-0.4, -0.2) is 29.5 Å². The van der Waals surface area contributed by atoms with Crippen LogP contribution in [0.2, 0.25) is 0 Å². The third-order valence-corrected chi connectivity index (χ3v) is 5.40. The molecule has 0 aliphatic heterocycles. The number of carbonyl (C=O) groups is 2. The molecule has 4 rings (SSSR count). The zero-order valence-corrected chi connectivity index (χ0v) is 16.8. The minimum absolute atomic E-state index is 0.293. The zero-order chi connectivity index (χ0) is 21.1. The molecule has 1 amide bonds. The second-order valence-electron chi connectivity index (χ2n) is 7.50. The Labute approximate surface area is 174 Å². The van der Waals surface area contributed by atoms with E-state index in [9.17, 15) is 14.0 Å². The van der Waals surface area contributed by atoms with Crippen LogP contribution in [0, 0.1) is 5.82 Å². The van der Waals surface area contributed by atoms with Gasteiger partial charge < -0.3 is 10.1 Å². The van der Waals surface area contributed by atoms with Gasteiger partial charge >= 0.3 is 5.97 Å². The molecule has 0 saturated carbocycles. The summed E-state index contributed by atoms with van der Waals surface area (Å²) in [5.74, 6) is -1.15. The number of aryl methyl sites for hydroxylation is 1. The maximum absolute atomic E-state index is 13.0. The summed E-state index contributed by atoms with van der Waals surface area (Å²) in [5.41, 5.74) is 4.08. The number of amides is 1. The average molecular weight is 406 g/mol. The van der Waals surface area contributed by atoms with Crippen molar-refractivity contribution >= 4 is 22.8 Å². The Hall–Kier alpha value is -3.28. The highest BCUT2D eigenvalue weighted by Gasteiger charge is 2.27. The third kappa shape index (κ3) is 4.17. The van der Waals surface area contributed by atoms with Crippen molar-refractivity contribution < 1.29 is 18.7 Å². The SMILES string of the molecule is C[C@H](OC(=O)c1c2c(nc3ccccc13)CCC2)C(=O)NCCc1ccc(F)cc1. The second-order valence-corrected chi connectivity index (χ2v) is 7.50. The van der Waals surface area contributed by atoms with E-state index in [1.807, 2.05) is 24.3 Å². The van der Waals surface area contributed by atoms with E-state index in [0.717, 1.165) is 47.0 Å². The average Bonchev–Trinajstić information content (AvgIpc) is 3.21. The molecule has 0 fully saturated rings. The van der Waals surface area contributed by atoms with Gasteiger partial charge in [-0.15, -0.1) is 0 Å². The number of halogens is 1. The molecule has 1 aliphatic carbocycles. The number of aromatic nitrogens is 1. The molecule has 0 saturated heterocycles. The number of esters is 1. The van der Waals surface area contributed by atoms with Gasteiger partial charge in [0.1, 0.15) is 5.82 Å². The lowest BCUT2D eigenvalue weighted by Crippen LogP contribution is -2.37.